The lowest BCUT2D eigenvalue weighted by Crippen LogP contribution is -2.34. The van der Waals surface area contributed by atoms with Gasteiger partial charge < -0.3 is 15.4 Å². The number of nitrogens with zero attached hydrogens (tertiary/aromatic N) is 3. The quantitative estimate of drug-likeness (QED) is 0.372. The van der Waals surface area contributed by atoms with E-state index in [1.807, 2.05) is 0 Å². The Bertz CT molecular complexity index is 1280. The molecule has 0 saturated heterocycles. The predicted molar refractivity (Wildman–Crippen MR) is 135 cm³/mol. The first-order chi connectivity index (χ1) is 18.1. The van der Waals surface area contributed by atoms with Gasteiger partial charge in [-0.15, -0.1) is 0 Å². The van der Waals surface area contributed by atoms with E-state index in [-0.39, 0.29) is 46.8 Å². The van der Waals surface area contributed by atoms with Crippen molar-refractivity contribution >= 4 is 33.2 Å². The number of hydrogen-bond donors (Lipinski definition) is 2. The van der Waals surface area contributed by atoms with Crippen molar-refractivity contribution in [3.8, 4) is 17.0 Å². The van der Waals surface area contributed by atoms with Crippen molar-refractivity contribution in [1.82, 2.24) is 20.1 Å². The Morgan fingerprint density at radius 1 is 1.26 bits per heavy atom. The third kappa shape index (κ3) is 7.71. The minimum absolute atomic E-state index is 0.0246. The summed E-state index contributed by atoms with van der Waals surface area (Å²) in [5.41, 5.74) is -0.260. The maximum absolute atomic E-state index is 13.2. The second-order valence-electron chi connectivity index (χ2n) is 9.36. The summed E-state index contributed by atoms with van der Waals surface area (Å²) in [4.78, 5) is 16.8. The van der Waals surface area contributed by atoms with Gasteiger partial charge in [0.25, 0.3) is 5.91 Å². The molecule has 0 radical (unpaired) electrons. The Labute approximate surface area is 227 Å². The number of rotatable bonds is 10. The van der Waals surface area contributed by atoms with E-state index >= 15 is 0 Å². The van der Waals surface area contributed by atoms with Crippen LogP contribution in [-0.2, 0) is 16.4 Å². The molecule has 2 N–H and O–H groups in total. The summed E-state index contributed by atoms with van der Waals surface area (Å²) in [7, 11) is -3.12. The molecule has 2 aromatic heterocycles. The van der Waals surface area contributed by atoms with Crippen LogP contribution in [0.4, 0.5) is 27.8 Å². The highest BCUT2D eigenvalue weighted by Gasteiger charge is 2.36. The lowest BCUT2D eigenvalue weighted by Gasteiger charge is -2.27. The molecule has 1 aliphatic carbocycles. The molecule has 1 unspecified atom stereocenters. The van der Waals surface area contributed by atoms with E-state index in [4.69, 9.17) is 11.6 Å². The first-order valence-corrected chi connectivity index (χ1v) is 14.5. The molecule has 1 saturated carbocycles. The first-order valence-electron chi connectivity index (χ1n) is 12.1. The molecule has 2 heterocycles. The van der Waals surface area contributed by atoms with Gasteiger partial charge in [0, 0.05) is 31.6 Å². The number of hydrogen-bond acceptors (Lipinski definition) is 7. The van der Waals surface area contributed by atoms with Gasteiger partial charge in [-0.3, -0.25) is 9.48 Å². The lowest BCUT2D eigenvalue weighted by molar-refractivity contribution is -0.138. The average molecular weight is 602 g/mol. The van der Waals surface area contributed by atoms with Gasteiger partial charge in [0.15, 0.2) is 5.69 Å². The van der Waals surface area contributed by atoms with Gasteiger partial charge in [-0.1, -0.05) is 11.6 Å². The van der Waals surface area contributed by atoms with Crippen LogP contribution in [0.25, 0.3) is 11.3 Å². The number of nitrogens with one attached hydrogen (secondary N) is 2. The minimum atomic E-state index is -4.61. The van der Waals surface area contributed by atoms with Gasteiger partial charge >= 0.3 is 12.8 Å². The van der Waals surface area contributed by atoms with Crippen LogP contribution in [0.2, 0.25) is 5.02 Å². The maximum atomic E-state index is 13.2. The van der Waals surface area contributed by atoms with E-state index < -0.39 is 45.6 Å². The maximum Gasteiger partial charge on any atom is 0.408 e. The van der Waals surface area contributed by atoms with Crippen molar-refractivity contribution < 1.29 is 39.9 Å². The van der Waals surface area contributed by atoms with Crippen LogP contribution in [0.3, 0.4) is 0 Å². The highest BCUT2D eigenvalue weighted by Crippen LogP contribution is 2.39. The van der Waals surface area contributed by atoms with Crippen molar-refractivity contribution in [2.75, 3.05) is 18.1 Å². The Kier molecular flexibility index (Phi) is 9.68. The van der Waals surface area contributed by atoms with Gasteiger partial charge in [0.05, 0.1) is 21.5 Å². The first kappa shape index (κ1) is 30.9. The number of carbonyl (C=O) groups excluding carboxylic acids is 1. The molecule has 0 spiro atoms. The molecule has 1 fully saturated rings. The molecule has 2 aromatic rings. The molecule has 1 atom stereocenters. The summed E-state index contributed by atoms with van der Waals surface area (Å²) in [5.74, 6) is -1.43. The third-order valence-corrected chi connectivity index (χ3v) is 8.59. The van der Waals surface area contributed by atoms with Crippen LogP contribution in [0, 0.1) is 5.92 Å². The van der Waals surface area contributed by atoms with E-state index in [1.54, 1.807) is 6.92 Å². The van der Waals surface area contributed by atoms with Gasteiger partial charge in [0.1, 0.15) is 27.4 Å². The lowest BCUT2D eigenvalue weighted by atomic mass is 9.89. The number of aromatic nitrogens is 3. The van der Waals surface area contributed by atoms with E-state index in [9.17, 15) is 35.2 Å². The van der Waals surface area contributed by atoms with Crippen molar-refractivity contribution in [2.45, 2.75) is 70.2 Å². The number of pyridine rings is 1. The molecule has 16 heteroatoms. The molecular weight excluding hydrogens is 573 g/mol. The van der Waals surface area contributed by atoms with Crippen LogP contribution in [0.15, 0.2) is 12.3 Å². The Morgan fingerprint density at radius 2 is 1.90 bits per heavy atom. The number of amides is 1. The fraction of sp³-hybridized carbons (Fsp3) is 0.609. The molecular formula is C23H29ClF5N5O4S. The van der Waals surface area contributed by atoms with Gasteiger partial charge in [0.2, 0.25) is 0 Å². The normalized spacial score (nSPS) is 19.1. The zero-order valence-electron chi connectivity index (χ0n) is 21.4. The van der Waals surface area contributed by atoms with Crippen LogP contribution in [-0.4, -0.2) is 66.0 Å². The summed E-state index contributed by atoms with van der Waals surface area (Å²) in [6.45, 7) is -0.377. The van der Waals surface area contributed by atoms with Crippen molar-refractivity contribution in [3.05, 3.63) is 23.0 Å². The second-order valence-corrected chi connectivity index (χ2v) is 12.1. The van der Waals surface area contributed by atoms with Crippen molar-refractivity contribution in [3.63, 3.8) is 0 Å². The fourth-order valence-electron chi connectivity index (χ4n) is 4.35. The van der Waals surface area contributed by atoms with Crippen LogP contribution >= 0.6 is 11.6 Å². The molecule has 0 bridgehead atoms. The smallest absolute Gasteiger partial charge is 0.408 e. The number of anilines is 1. The number of ether oxygens (including phenoxy) is 1. The molecule has 3 rings (SSSR count). The fourth-order valence-corrected chi connectivity index (χ4v) is 5.80. The molecule has 9 nitrogen and oxygen atoms in total. The SMILES string of the molecule is CCn1nc(C(=O)NCC2CCC(S(C)(=O)=O)CC2)c(Cl)c1-c1cnc(NC(C)C(F)(F)F)cc1OC(F)F. The third-order valence-electron chi connectivity index (χ3n) is 6.55. The zero-order valence-corrected chi connectivity index (χ0v) is 22.9. The average Bonchev–Trinajstić information content (AvgIpc) is 3.17. The Morgan fingerprint density at radius 3 is 2.44 bits per heavy atom. The highest BCUT2D eigenvalue weighted by molar-refractivity contribution is 7.91. The molecule has 0 aromatic carbocycles. The van der Waals surface area contributed by atoms with E-state index in [0.29, 0.717) is 25.7 Å². The second kappa shape index (κ2) is 12.2. The number of aryl methyl sites for hydroxylation is 1. The number of sulfone groups is 1. The van der Waals surface area contributed by atoms with Crippen LogP contribution in [0.1, 0.15) is 50.0 Å². The van der Waals surface area contributed by atoms with Gasteiger partial charge in [-0.25, -0.2) is 13.4 Å². The molecule has 218 valence electrons. The molecule has 1 aliphatic rings. The molecule has 0 aliphatic heterocycles. The Hall–Kier alpha value is -2.68. The standard InChI is InChI=1S/C23H29ClF5N5O4S/c1-4-34-20(15-11-30-17(9-16(15)38-22(25)26)32-12(2)23(27,28)29)18(24)19(33-34)21(35)31-10-13-5-7-14(8-6-13)39(3,36)37/h9,11-14,22H,4-8,10H2,1-3H3,(H,30,32)(H,31,35). The monoisotopic (exact) mass is 601 g/mol. The van der Waals surface area contributed by atoms with E-state index in [0.717, 1.165) is 19.2 Å². The van der Waals surface area contributed by atoms with Crippen LogP contribution < -0.4 is 15.4 Å². The largest absolute Gasteiger partial charge is 0.434 e. The van der Waals surface area contributed by atoms with Crippen LogP contribution in [0.5, 0.6) is 5.75 Å². The summed E-state index contributed by atoms with van der Waals surface area (Å²) in [6, 6.07) is -1.13. The number of halogens is 6. The molecule has 1 amide bonds. The number of alkyl halides is 5. The highest BCUT2D eigenvalue weighted by atomic mass is 35.5. The van der Waals surface area contributed by atoms with Gasteiger partial charge in [-0.05, 0) is 45.4 Å². The predicted octanol–water partition coefficient (Wildman–Crippen LogP) is 4.92. The van der Waals surface area contributed by atoms with E-state index in [2.05, 4.69) is 25.5 Å². The summed E-state index contributed by atoms with van der Waals surface area (Å²) in [5, 5.41) is 8.45. The number of carbonyl (C=O) groups is 1. The Balaban J connectivity index is 1.83. The molecule has 39 heavy (non-hydrogen) atoms. The summed E-state index contributed by atoms with van der Waals surface area (Å²) >= 11 is 6.47. The summed E-state index contributed by atoms with van der Waals surface area (Å²) < 4.78 is 94.5. The topological polar surface area (TPSA) is 115 Å². The van der Waals surface area contributed by atoms with E-state index in [1.165, 1.54) is 10.9 Å². The minimum Gasteiger partial charge on any atom is -0.434 e. The zero-order chi connectivity index (χ0) is 29.1. The van der Waals surface area contributed by atoms with Gasteiger partial charge in [-0.2, -0.15) is 27.1 Å². The van der Waals surface area contributed by atoms with Crippen molar-refractivity contribution in [2.24, 2.45) is 5.92 Å². The van der Waals surface area contributed by atoms with Crippen molar-refractivity contribution in [1.29, 1.82) is 0 Å². The summed E-state index contributed by atoms with van der Waals surface area (Å²) in [6.07, 6.45) is -0.141.